The van der Waals surface area contributed by atoms with E-state index in [1.807, 2.05) is 0 Å². The largest absolute Gasteiger partial charge is 0.465 e. The molecule has 0 aliphatic heterocycles. The molecule has 21 heavy (non-hydrogen) atoms. The number of hydrogen-bond donors (Lipinski definition) is 1. The van der Waals surface area contributed by atoms with E-state index in [0.29, 0.717) is 27.4 Å². The lowest BCUT2D eigenvalue weighted by atomic mass is 10.1. The lowest BCUT2D eigenvalue weighted by Crippen LogP contribution is -2.22. The third-order valence-electron chi connectivity index (χ3n) is 3.22. The van der Waals surface area contributed by atoms with Crippen LogP contribution in [0, 0.1) is 5.92 Å². The standard InChI is InChI=1S/C14H15Cl3N2O2/c1-2-21-14(20)9-4-3-5-12(9)18-19-13-10(16)6-8(15)7-11(13)17/h6-7,9,19H,2-5H2,1H3/b18-12+. The Kier molecular flexibility index (Phi) is 5.73. The van der Waals surface area contributed by atoms with Crippen LogP contribution in [0.2, 0.25) is 15.1 Å². The van der Waals surface area contributed by atoms with Crippen molar-refractivity contribution < 1.29 is 9.53 Å². The van der Waals surface area contributed by atoms with Crippen molar-refractivity contribution in [3.05, 3.63) is 27.2 Å². The van der Waals surface area contributed by atoms with Crippen LogP contribution in [0.4, 0.5) is 5.69 Å². The van der Waals surface area contributed by atoms with Gasteiger partial charge in [-0.1, -0.05) is 34.8 Å². The van der Waals surface area contributed by atoms with E-state index in [0.717, 1.165) is 25.0 Å². The smallest absolute Gasteiger partial charge is 0.314 e. The molecule has 0 saturated heterocycles. The molecule has 1 aliphatic rings. The first kappa shape index (κ1) is 16.4. The number of hydrazone groups is 1. The number of carbonyl (C=O) groups is 1. The normalized spacial score (nSPS) is 19.8. The van der Waals surface area contributed by atoms with Gasteiger partial charge in [-0.15, -0.1) is 0 Å². The van der Waals surface area contributed by atoms with E-state index in [1.165, 1.54) is 0 Å². The topological polar surface area (TPSA) is 50.7 Å². The zero-order chi connectivity index (χ0) is 15.4. The Labute approximate surface area is 138 Å². The van der Waals surface area contributed by atoms with Crippen LogP contribution >= 0.6 is 34.8 Å². The number of carbonyl (C=O) groups excluding carboxylic acids is 1. The van der Waals surface area contributed by atoms with Gasteiger partial charge in [-0.2, -0.15) is 5.10 Å². The highest BCUT2D eigenvalue weighted by Gasteiger charge is 2.30. The van der Waals surface area contributed by atoms with E-state index in [-0.39, 0.29) is 11.9 Å². The molecule has 0 heterocycles. The van der Waals surface area contributed by atoms with Gasteiger partial charge in [0.1, 0.15) is 0 Å². The summed E-state index contributed by atoms with van der Waals surface area (Å²) in [6.45, 7) is 2.15. The zero-order valence-corrected chi connectivity index (χ0v) is 13.7. The van der Waals surface area contributed by atoms with Crippen LogP contribution in [0.3, 0.4) is 0 Å². The van der Waals surface area contributed by atoms with Crippen molar-refractivity contribution in [3.63, 3.8) is 0 Å². The molecule has 1 saturated carbocycles. The van der Waals surface area contributed by atoms with Gasteiger partial charge in [-0.25, -0.2) is 0 Å². The fraction of sp³-hybridized carbons (Fsp3) is 0.429. The quantitative estimate of drug-likeness (QED) is 0.629. The predicted octanol–water partition coefficient (Wildman–Crippen LogP) is 4.78. The molecule has 1 N–H and O–H groups in total. The van der Waals surface area contributed by atoms with E-state index in [4.69, 9.17) is 39.5 Å². The van der Waals surface area contributed by atoms with Gasteiger partial charge >= 0.3 is 5.97 Å². The van der Waals surface area contributed by atoms with Gasteiger partial charge < -0.3 is 4.74 Å². The van der Waals surface area contributed by atoms with Gasteiger partial charge in [0.15, 0.2) is 0 Å². The second-order valence-electron chi connectivity index (χ2n) is 4.66. The van der Waals surface area contributed by atoms with Gasteiger partial charge in [0.05, 0.1) is 34.0 Å². The first-order chi connectivity index (χ1) is 10.0. The molecule has 4 nitrogen and oxygen atoms in total. The van der Waals surface area contributed by atoms with Gasteiger partial charge in [-0.05, 0) is 38.3 Å². The summed E-state index contributed by atoms with van der Waals surface area (Å²) in [5.74, 6) is -0.522. The van der Waals surface area contributed by atoms with Gasteiger partial charge in [0.2, 0.25) is 0 Å². The lowest BCUT2D eigenvalue weighted by Gasteiger charge is -2.11. The zero-order valence-electron chi connectivity index (χ0n) is 11.5. The number of nitrogens with one attached hydrogen (secondary N) is 1. The van der Waals surface area contributed by atoms with Crippen LogP contribution in [0.1, 0.15) is 26.2 Å². The van der Waals surface area contributed by atoms with Crippen molar-refractivity contribution in [1.82, 2.24) is 0 Å². The fourth-order valence-electron chi connectivity index (χ4n) is 2.24. The maximum absolute atomic E-state index is 11.8. The summed E-state index contributed by atoms with van der Waals surface area (Å²) in [6.07, 6.45) is 2.41. The molecule has 1 aromatic carbocycles. The molecule has 1 aliphatic carbocycles. The molecule has 1 aromatic rings. The number of benzene rings is 1. The van der Waals surface area contributed by atoms with E-state index < -0.39 is 0 Å². The second kappa shape index (κ2) is 7.34. The van der Waals surface area contributed by atoms with E-state index in [2.05, 4.69) is 10.5 Å². The lowest BCUT2D eigenvalue weighted by molar-refractivity contribution is -0.145. The predicted molar refractivity (Wildman–Crippen MR) is 86.5 cm³/mol. The molecule has 1 atom stereocenters. The molecule has 7 heteroatoms. The van der Waals surface area contributed by atoms with Crippen molar-refractivity contribution >= 4 is 52.2 Å². The SMILES string of the molecule is CCOC(=O)C1CCC/C1=N\Nc1c(Cl)cc(Cl)cc1Cl. The third-order valence-corrected chi connectivity index (χ3v) is 4.03. The van der Waals surface area contributed by atoms with E-state index >= 15 is 0 Å². The summed E-state index contributed by atoms with van der Waals surface area (Å²) in [7, 11) is 0. The van der Waals surface area contributed by atoms with Crippen molar-refractivity contribution in [3.8, 4) is 0 Å². The monoisotopic (exact) mass is 348 g/mol. The van der Waals surface area contributed by atoms with Crippen LogP contribution in [-0.2, 0) is 9.53 Å². The van der Waals surface area contributed by atoms with Crippen LogP contribution in [0.15, 0.2) is 17.2 Å². The Hall–Kier alpha value is -0.970. The first-order valence-corrected chi connectivity index (χ1v) is 7.80. The van der Waals surface area contributed by atoms with Crippen LogP contribution in [0.5, 0.6) is 0 Å². The molecule has 0 spiro atoms. The van der Waals surface area contributed by atoms with Gasteiger partial charge in [0, 0.05) is 5.02 Å². The number of nitrogens with zero attached hydrogens (tertiary/aromatic N) is 1. The van der Waals surface area contributed by atoms with E-state index in [9.17, 15) is 4.79 Å². The average Bonchev–Trinajstić information content (AvgIpc) is 2.86. The average molecular weight is 350 g/mol. The number of hydrogen-bond acceptors (Lipinski definition) is 4. The Bertz CT molecular complexity index is 552. The summed E-state index contributed by atoms with van der Waals surface area (Å²) in [6, 6.07) is 3.16. The number of halogens is 3. The summed E-state index contributed by atoms with van der Waals surface area (Å²) >= 11 is 18.0. The first-order valence-electron chi connectivity index (χ1n) is 6.66. The second-order valence-corrected chi connectivity index (χ2v) is 5.91. The molecule has 0 bridgehead atoms. The Morgan fingerprint density at radius 2 is 2.05 bits per heavy atom. The van der Waals surface area contributed by atoms with Crippen LogP contribution < -0.4 is 5.43 Å². The maximum Gasteiger partial charge on any atom is 0.314 e. The maximum atomic E-state index is 11.8. The van der Waals surface area contributed by atoms with Crippen molar-refractivity contribution in [1.29, 1.82) is 0 Å². The number of rotatable bonds is 4. The number of ether oxygens (including phenoxy) is 1. The molecule has 0 amide bonds. The fourth-order valence-corrected chi connectivity index (χ4v) is 3.14. The van der Waals surface area contributed by atoms with Crippen molar-refractivity contribution in [2.45, 2.75) is 26.2 Å². The Balaban J connectivity index is 2.15. The summed E-state index contributed by atoms with van der Waals surface area (Å²) in [5.41, 5.74) is 4.07. The summed E-state index contributed by atoms with van der Waals surface area (Å²) in [4.78, 5) is 11.8. The minimum absolute atomic E-state index is 0.233. The minimum atomic E-state index is -0.290. The molecule has 1 fully saturated rings. The molecular formula is C14H15Cl3N2O2. The number of esters is 1. The van der Waals surface area contributed by atoms with Crippen LogP contribution in [-0.4, -0.2) is 18.3 Å². The molecule has 0 radical (unpaired) electrons. The molecule has 114 valence electrons. The van der Waals surface area contributed by atoms with Crippen LogP contribution in [0.25, 0.3) is 0 Å². The van der Waals surface area contributed by atoms with Gasteiger partial charge in [-0.3, -0.25) is 10.2 Å². The van der Waals surface area contributed by atoms with Gasteiger partial charge in [0.25, 0.3) is 0 Å². The van der Waals surface area contributed by atoms with Crippen molar-refractivity contribution in [2.24, 2.45) is 11.0 Å². The Morgan fingerprint density at radius 3 is 2.67 bits per heavy atom. The summed E-state index contributed by atoms with van der Waals surface area (Å²) in [5, 5.41) is 5.49. The third kappa shape index (κ3) is 4.02. The highest BCUT2D eigenvalue weighted by molar-refractivity contribution is 6.41. The molecule has 2 rings (SSSR count). The van der Waals surface area contributed by atoms with E-state index in [1.54, 1.807) is 19.1 Å². The molecular weight excluding hydrogens is 335 g/mol. The van der Waals surface area contributed by atoms with Crippen molar-refractivity contribution in [2.75, 3.05) is 12.0 Å². The highest BCUT2D eigenvalue weighted by atomic mass is 35.5. The minimum Gasteiger partial charge on any atom is -0.465 e. The number of anilines is 1. The summed E-state index contributed by atoms with van der Waals surface area (Å²) < 4.78 is 5.05. The molecule has 1 unspecified atom stereocenters. The Morgan fingerprint density at radius 1 is 1.38 bits per heavy atom. The highest BCUT2D eigenvalue weighted by Crippen LogP contribution is 2.34. The molecule has 0 aromatic heterocycles.